The number of anilines is 1. The molecule has 0 aromatic heterocycles. The molecule has 0 spiro atoms. The Hall–Kier alpha value is -2.64. The number of benzene rings is 1. The standard InChI is InChI=1S/C15H22N4O4/c1-5-8-16-14(20)10(2)17-15(21)12-9-11(19(22)23)6-7-13(12)18(3)4/h6-7,9-10H,5,8H2,1-4H3,(H,16,20)(H,17,21)/t10-/m0/s1. The molecule has 0 heterocycles. The van der Waals surface area contributed by atoms with E-state index in [1.54, 1.807) is 25.9 Å². The number of non-ortho nitro benzene ring substituents is 1. The van der Waals surface area contributed by atoms with Gasteiger partial charge in [-0.25, -0.2) is 0 Å². The highest BCUT2D eigenvalue weighted by Gasteiger charge is 2.21. The Morgan fingerprint density at radius 3 is 2.52 bits per heavy atom. The lowest BCUT2D eigenvalue weighted by Gasteiger charge is -2.19. The Morgan fingerprint density at radius 1 is 1.35 bits per heavy atom. The fraction of sp³-hybridized carbons (Fsp3) is 0.467. The van der Waals surface area contributed by atoms with E-state index in [-0.39, 0.29) is 17.2 Å². The van der Waals surface area contributed by atoms with E-state index in [9.17, 15) is 19.7 Å². The first-order valence-electron chi connectivity index (χ1n) is 7.32. The van der Waals surface area contributed by atoms with Crippen molar-refractivity contribution >= 4 is 23.2 Å². The SMILES string of the molecule is CCCNC(=O)[C@H](C)NC(=O)c1cc([N+](=O)[O-])ccc1N(C)C. The molecule has 0 aliphatic rings. The fourth-order valence-corrected chi connectivity index (χ4v) is 1.95. The summed E-state index contributed by atoms with van der Waals surface area (Å²) >= 11 is 0. The Labute approximate surface area is 135 Å². The van der Waals surface area contributed by atoms with Crippen molar-refractivity contribution < 1.29 is 14.5 Å². The number of hydrogen-bond donors (Lipinski definition) is 2. The number of rotatable bonds is 7. The van der Waals surface area contributed by atoms with Crippen LogP contribution in [0.25, 0.3) is 0 Å². The lowest BCUT2D eigenvalue weighted by atomic mass is 10.1. The predicted octanol–water partition coefficient (Wildman–Crippen LogP) is 1.31. The Kier molecular flexibility index (Phi) is 6.49. The van der Waals surface area contributed by atoms with Crippen molar-refractivity contribution in [2.24, 2.45) is 0 Å². The molecule has 2 N–H and O–H groups in total. The van der Waals surface area contributed by atoms with Crippen molar-refractivity contribution in [3.63, 3.8) is 0 Å². The third-order valence-electron chi connectivity index (χ3n) is 3.21. The van der Waals surface area contributed by atoms with E-state index in [4.69, 9.17) is 0 Å². The lowest BCUT2D eigenvalue weighted by molar-refractivity contribution is -0.384. The molecule has 1 aromatic carbocycles. The zero-order valence-electron chi connectivity index (χ0n) is 13.8. The normalized spacial score (nSPS) is 11.5. The van der Waals surface area contributed by atoms with E-state index in [0.29, 0.717) is 12.2 Å². The third-order valence-corrected chi connectivity index (χ3v) is 3.21. The smallest absolute Gasteiger partial charge is 0.270 e. The summed E-state index contributed by atoms with van der Waals surface area (Å²) in [5, 5.41) is 16.2. The maximum absolute atomic E-state index is 12.4. The molecule has 0 aliphatic carbocycles. The van der Waals surface area contributed by atoms with Gasteiger partial charge in [-0.05, 0) is 19.4 Å². The molecule has 0 saturated heterocycles. The monoisotopic (exact) mass is 322 g/mol. The molecule has 1 atom stereocenters. The van der Waals surface area contributed by atoms with Crippen LogP contribution in [0.1, 0.15) is 30.6 Å². The summed E-state index contributed by atoms with van der Waals surface area (Å²) in [6.45, 7) is 4.02. The first-order valence-corrected chi connectivity index (χ1v) is 7.32. The highest BCUT2D eigenvalue weighted by atomic mass is 16.6. The molecule has 0 saturated carbocycles. The van der Waals surface area contributed by atoms with Gasteiger partial charge in [-0.3, -0.25) is 19.7 Å². The van der Waals surface area contributed by atoms with Crippen LogP contribution in [-0.4, -0.2) is 43.4 Å². The van der Waals surface area contributed by atoms with E-state index in [2.05, 4.69) is 10.6 Å². The molecule has 0 fully saturated rings. The fourth-order valence-electron chi connectivity index (χ4n) is 1.95. The maximum atomic E-state index is 12.4. The van der Waals surface area contributed by atoms with Gasteiger partial charge in [0.1, 0.15) is 6.04 Å². The van der Waals surface area contributed by atoms with Gasteiger partial charge in [-0.15, -0.1) is 0 Å². The predicted molar refractivity (Wildman–Crippen MR) is 87.7 cm³/mol. The zero-order chi connectivity index (χ0) is 17.6. The minimum Gasteiger partial charge on any atom is -0.377 e. The van der Waals surface area contributed by atoms with E-state index in [0.717, 1.165) is 6.42 Å². The van der Waals surface area contributed by atoms with Crippen molar-refractivity contribution in [3.05, 3.63) is 33.9 Å². The first kappa shape index (κ1) is 18.4. The maximum Gasteiger partial charge on any atom is 0.270 e. The molecule has 1 rings (SSSR count). The Morgan fingerprint density at radius 2 is 2.00 bits per heavy atom. The molecule has 1 aromatic rings. The van der Waals surface area contributed by atoms with Crippen LogP contribution in [0.3, 0.4) is 0 Å². The minimum absolute atomic E-state index is 0.152. The zero-order valence-corrected chi connectivity index (χ0v) is 13.8. The van der Waals surface area contributed by atoms with Crippen LogP contribution in [0.5, 0.6) is 0 Å². The van der Waals surface area contributed by atoms with E-state index in [1.807, 2.05) is 6.92 Å². The van der Waals surface area contributed by atoms with E-state index >= 15 is 0 Å². The molecule has 0 aliphatic heterocycles. The molecule has 0 unspecified atom stereocenters. The summed E-state index contributed by atoms with van der Waals surface area (Å²) in [4.78, 5) is 36.2. The van der Waals surface area contributed by atoms with Gasteiger partial charge in [0.15, 0.2) is 0 Å². The number of amides is 2. The minimum atomic E-state index is -0.733. The van der Waals surface area contributed by atoms with Crippen LogP contribution in [0, 0.1) is 10.1 Å². The molecule has 2 amide bonds. The summed E-state index contributed by atoms with van der Waals surface area (Å²) < 4.78 is 0. The summed E-state index contributed by atoms with van der Waals surface area (Å²) in [6, 6.07) is 3.32. The highest BCUT2D eigenvalue weighted by Crippen LogP contribution is 2.24. The number of nitrogens with zero attached hydrogens (tertiary/aromatic N) is 2. The molecular formula is C15H22N4O4. The van der Waals surface area contributed by atoms with Gasteiger partial charge in [0.25, 0.3) is 11.6 Å². The summed E-state index contributed by atoms with van der Waals surface area (Å²) in [5.41, 5.74) is 0.512. The molecule has 0 radical (unpaired) electrons. The topological polar surface area (TPSA) is 105 Å². The second-order valence-corrected chi connectivity index (χ2v) is 5.34. The quantitative estimate of drug-likeness (QED) is 0.581. The van der Waals surface area contributed by atoms with Crippen molar-refractivity contribution in [1.29, 1.82) is 0 Å². The number of carbonyl (C=O) groups excluding carboxylic acids is 2. The first-order chi connectivity index (χ1) is 10.8. The van der Waals surface area contributed by atoms with Crippen LogP contribution < -0.4 is 15.5 Å². The van der Waals surface area contributed by atoms with Crippen LogP contribution in [0.15, 0.2) is 18.2 Å². The van der Waals surface area contributed by atoms with Crippen molar-refractivity contribution in [2.45, 2.75) is 26.3 Å². The highest BCUT2D eigenvalue weighted by molar-refractivity contribution is 6.02. The Bertz CT molecular complexity index is 601. The average Bonchev–Trinajstić information content (AvgIpc) is 2.51. The molecule has 126 valence electrons. The summed E-state index contributed by atoms with van der Waals surface area (Å²) in [7, 11) is 3.46. The largest absolute Gasteiger partial charge is 0.377 e. The number of nitrogens with one attached hydrogen (secondary N) is 2. The van der Waals surface area contributed by atoms with Gasteiger partial charge in [-0.2, -0.15) is 0 Å². The van der Waals surface area contributed by atoms with Crippen molar-refractivity contribution in [3.8, 4) is 0 Å². The van der Waals surface area contributed by atoms with Gasteiger partial charge in [-0.1, -0.05) is 6.92 Å². The van der Waals surface area contributed by atoms with Gasteiger partial charge in [0.2, 0.25) is 5.91 Å². The third kappa shape index (κ3) is 4.94. The van der Waals surface area contributed by atoms with Crippen LogP contribution in [0.4, 0.5) is 11.4 Å². The number of hydrogen-bond acceptors (Lipinski definition) is 5. The molecule has 8 heteroatoms. The molecular weight excluding hydrogens is 300 g/mol. The Balaban J connectivity index is 2.99. The van der Waals surface area contributed by atoms with Crippen LogP contribution in [-0.2, 0) is 4.79 Å². The van der Waals surface area contributed by atoms with Crippen molar-refractivity contribution in [2.75, 3.05) is 25.5 Å². The average molecular weight is 322 g/mol. The molecule has 8 nitrogen and oxygen atoms in total. The van der Waals surface area contributed by atoms with E-state index < -0.39 is 16.9 Å². The van der Waals surface area contributed by atoms with Crippen LogP contribution in [0.2, 0.25) is 0 Å². The van der Waals surface area contributed by atoms with Gasteiger partial charge in [0.05, 0.1) is 10.5 Å². The number of nitro groups is 1. The molecule has 23 heavy (non-hydrogen) atoms. The number of carbonyl (C=O) groups is 2. The lowest BCUT2D eigenvalue weighted by Crippen LogP contribution is -2.45. The summed E-state index contributed by atoms with van der Waals surface area (Å²) in [6.07, 6.45) is 0.794. The second kappa shape index (κ2) is 8.11. The van der Waals surface area contributed by atoms with Crippen LogP contribution >= 0.6 is 0 Å². The summed E-state index contributed by atoms with van der Waals surface area (Å²) in [5.74, 6) is -0.825. The second-order valence-electron chi connectivity index (χ2n) is 5.34. The van der Waals surface area contributed by atoms with Crippen molar-refractivity contribution in [1.82, 2.24) is 10.6 Å². The molecule has 0 bridgehead atoms. The number of nitro benzene ring substituents is 1. The van der Waals surface area contributed by atoms with Gasteiger partial charge >= 0.3 is 0 Å². The van der Waals surface area contributed by atoms with Gasteiger partial charge < -0.3 is 15.5 Å². The van der Waals surface area contributed by atoms with Gasteiger partial charge in [0, 0.05) is 38.5 Å². The van der Waals surface area contributed by atoms with E-state index in [1.165, 1.54) is 18.2 Å².